The highest BCUT2D eigenvalue weighted by molar-refractivity contribution is 5.93. The van der Waals surface area contributed by atoms with E-state index in [1.165, 1.54) is 17.0 Å². The number of carboxylic acid groups (broad SMARTS) is 1. The summed E-state index contributed by atoms with van der Waals surface area (Å²) in [7, 11) is 2.08. The van der Waals surface area contributed by atoms with Crippen LogP contribution in [0.15, 0.2) is 36.4 Å². The zero-order valence-corrected chi connectivity index (χ0v) is 16.2. The minimum absolute atomic E-state index is 0.368. The van der Waals surface area contributed by atoms with Crippen molar-refractivity contribution in [2.45, 2.75) is 39.2 Å². The first-order chi connectivity index (χ1) is 12.9. The number of anilines is 1. The number of rotatable bonds is 5. The summed E-state index contributed by atoms with van der Waals surface area (Å²) in [4.78, 5) is 15.6. The first kappa shape index (κ1) is 19.4. The van der Waals surface area contributed by atoms with Gasteiger partial charge in [-0.15, -0.1) is 0 Å². The van der Waals surface area contributed by atoms with Crippen molar-refractivity contribution in [1.82, 2.24) is 4.90 Å². The highest BCUT2D eigenvalue weighted by Crippen LogP contribution is 2.33. The standard InChI is InChI=1S/C22H27FN2O2/c1-15-6-7-17(13-16(15)2)20-14-18(23)8-9-21(20)25(22(26)27)12-10-19-5-4-11-24(19)3/h6-9,13-14,19H,4-5,10-12H2,1-3H3,(H,26,27). The number of halogens is 1. The Morgan fingerprint density at radius 2 is 2.00 bits per heavy atom. The summed E-state index contributed by atoms with van der Waals surface area (Å²) in [5, 5.41) is 9.82. The van der Waals surface area contributed by atoms with Crippen LogP contribution in [-0.4, -0.2) is 42.3 Å². The summed E-state index contributed by atoms with van der Waals surface area (Å²) in [5.41, 5.74) is 4.22. The lowest BCUT2D eigenvalue weighted by molar-refractivity contribution is 0.200. The molecule has 0 radical (unpaired) electrons. The van der Waals surface area contributed by atoms with Crippen LogP contribution in [0.4, 0.5) is 14.9 Å². The van der Waals surface area contributed by atoms with E-state index in [-0.39, 0.29) is 5.82 Å². The van der Waals surface area contributed by atoms with E-state index >= 15 is 0 Å². The zero-order valence-electron chi connectivity index (χ0n) is 16.2. The molecule has 27 heavy (non-hydrogen) atoms. The van der Waals surface area contributed by atoms with E-state index in [1.807, 2.05) is 32.0 Å². The average molecular weight is 370 g/mol. The molecule has 1 saturated heterocycles. The lowest BCUT2D eigenvalue weighted by atomic mass is 9.98. The molecule has 4 nitrogen and oxygen atoms in total. The van der Waals surface area contributed by atoms with Crippen molar-refractivity contribution in [1.29, 1.82) is 0 Å². The van der Waals surface area contributed by atoms with Gasteiger partial charge in [0.05, 0.1) is 5.69 Å². The average Bonchev–Trinajstić information content (AvgIpc) is 3.03. The highest BCUT2D eigenvalue weighted by atomic mass is 19.1. The molecule has 1 heterocycles. The minimum Gasteiger partial charge on any atom is -0.465 e. The summed E-state index contributed by atoms with van der Waals surface area (Å²) in [6, 6.07) is 10.6. The van der Waals surface area contributed by atoms with Gasteiger partial charge < -0.3 is 10.0 Å². The van der Waals surface area contributed by atoms with Crippen LogP contribution in [0.3, 0.4) is 0 Å². The molecule has 1 atom stereocenters. The van der Waals surface area contributed by atoms with Crippen molar-refractivity contribution in [2.24, 2.45) is 0 Å². The Labute approximate surface area is 160 Å². The number of nitrogens with zero attached hydrogens (tertiary/aromatic N) is 2. The first-order valence-electron chi connectivity index (χ1n) is 9.44. The fraction of sp³-hybridized carbons (Fsp3) is 0.409. The number of hydrogen-bond acceptors (Lipinski definition) is 2. The molecular weight excluding hydrogens is 343 g/mol. The van der Waals surface area contributed by atoms with Gasteiger partial charge in [-0.05, 0) is 81.6 Å². The Balaban J connectivity index is 1.94. The van der Waals surface area contributed by atoms with E-state index < -0.39 is 6.09 Å². The fourth-order valence-corrected chi connectivity index (χ4v) is 3.83. The number of aryl methyl sites for hydroxylation is 2. The highest BCUT2D eigenvalue weighted by Gasteiger charge is 2.25. The second-order valence-corrected chi connectivity index (χ2v) is 7.46. The Morgan fingerprint density at radius 1 is 1.22 bits per heavy atom. The van der Waals surface area contributed by atoms with E-state index in [4.69, 9.17) is 0 Å². The van der Waals surface area contributed by atoms with Gasteiger partial charge in [0.1, 0.15) is 5.82 Å². The normalized spacial score (nSPS) is 17.3. The predicted molar refractivity (Wildman–Crippen MR) is 107 cm³/mol. The molecule has 3 rings (SSSR count). The van der Waals surface area contributed by atoms with Gasteiger partial charge in [-0.25, -0.2) is 9.18 Å². The van der Waals surface area contributed by atoms with Gasteiger partial charge >= 0.3 is 6.09 Å². The molecule has 1 N–H and O–H groups in total. The van der Waals surface area contributed by atoms with Crippen molar-refractivity contribution in [3.63, 3.8) is 0 Å². The minimum atomic E-state index is -1.01. The maximum Gasteiger partial charge on any atom is 0.411 e. The van der Waals surface area contributed by atoms with Gasteiger partial charge in [0.25, 0.3) is 0 Å². The Bertz CT molecular complexity index is 837. The third kappa shape index (κ3) is 4.30. The molecule has 0 aliphatic carbocycles. The van der Waals surface area contributed by atoms with Crippen LogP contribution in [0.25, 0.3) is 11.1 Å². The number of likely N-dealkylation sites (tertiary alicyclic amines) is 1. The quantitative estimate of drug-likeness (QED) is 0.798. The number of carbonyl (C=O) groups is 1. The van der Waals surface area contributed by atoms with Gasteiger partial charge in [-0.3, -0.25) is 4.90 Å². The maximum absolute atomic E-state index is 14.0. The third-order valence-corrected chi connectivity index (χ3v) is 5.66. The van der Waals surface area contributed by atoms with Gasteiger partial charge in [-0.2, -0.15) is 0 Å². The largest absolute Gasteiger partial charge is 0.465 e. The molecule has 2 aromatic carbocycles. The van der Waals surface area contributed by atoms with Crippen LogP contribution in [0.5, 0.6) is 0 Å². The molecule has 144 valence electrons. The summed E-state index contributed by atoms with van der Waals surface area (Å²) in [5.74, 6) is -0.368. The van der Waals surface area contributed by atoms with E-state index in [0.29, 0.717) is 23.8 Å². The van der Waals surface area contributed by atoms with E-state index in [2.05, 4.69) is 11.9 Å². The lowest BCUT2D eigenvalue weighted by Crippen LogP contribution is -2.35. The summed E-state index contributed by atoms with van der Waals surface area (Å²) < 4.78 is 14.0. The third-order valence-electron chi connectivity index (χ3n) is 5.66. The van der Waals surface area contributed by atoms with Crippen LogP contribution in [-0.2, 0) is 0 Å². The monoisotopic (exact) mass is 370 g/mol. The van der Waals surface area contributed by atoms with E-state index in [0.717, 1.165) is 42.5 Å². The summed E-state index contributed by atoms with van der Waals surface area (Å²) >= 11 is 0. The molecule has 0 spiro atoms. The fourth-order valence-electron chi connectivity index (χ4n) is 3.83. The van der Waals surface area contributed by atoms with Crippen molar-refractivity contribution < 1.29 is 14.3 Å². The Kier molecular flexibility index (Phi) is 5.80. The van der Waals surface area contributed by atoms with Crippen molar-refractivity contribution in [3.8, 4) is 11.1 Å². The Morgan fingerprint density at radius 3 is 2.63 bits per heavy atom. The van der Waals surface area contributed by atoms with Crippen molar-refractivity contribution in [3.05, 3.63) is 53.3 Å². The summed E-state index contributed by atoms with van der Waals surface area (Å²) in [6.45, 7) is 5.48. The van der Waals surface area contributed by atoms with Crippen LogP contribution in [0.2, 0.25) is 0 Å². The molecule has 5 heteroatoms. The van der Waals surface area contributed by atoms with E-state index in [9.17, 15) is 14.3 Å². The topological polar surface area (TPSA) is 43.8 Å². The lowest BCUT2D eigenvalue weighted by Gasteiger charge is -2.26. The van der Waals surface area contributed by atoms with E-state index in [1.54, 1.807) is 6.07 Å². The molecule has 1 fully saturated rings. The molecule has 2 aromatic rings. The molecule has 1 aliphatic heterocycles. The van der Waals surface area contributed by atoms with Gasteiger partial charge in [-0.1, -0.05) is 18.2 Å². The maximum atomic E-state index is 14.0. The Hall–Kier alpha value is -2.40. The molecule has 0 bridgehead atoms. The second kappa shape index (κ2) is 8.09. The van der Waals surface area contributed by atoms with Gasteiger partial charge in [0, 0.05) is 18.2 Å². The van der Waals surface area contributed by atoms with Crippen LogP contribution < -0.4 is 4.90 Å². The first-order valence-corrected chi connectivity index (χ1v) is 9.44. The van der Waals surface area contributed by atoms with Crippen molar-refractivity contribution >= 4 is 11.8 Å². The SMILES string of the molecule is Cc1ccc(-c2cc(F)ccc2N(CCC2CCCN2C)C(=O)O)cc1C. The van der Waals surface area contributed by atoms with Crippen molar-refractivity contribution in [2.75, 3.05) is 25.0 Å². The smallest absolute Gasteiger partial charge is 0.411 e. The van der Waals surface area contributed by atoms with Crippen LogP contribution in [0.1, 0.15) is 30.4 Å². The number of amides is 1. The van der Waals surface area contributed by atoms with Gasteiger partial charge in [0.2, 0.25) is 0 Å². The summed E-state index contributed by atoms with van der Waals surface area (Å²) in [6.07, 6.45) is 2.01. The predicted octanol–water partition coefficient (Wildman–Crippen LogP) is 5.08. The number of benzene rings is 2. The molecular formula is C22H27FN2O2. The number of hydrogen-bond donors (Lipinski definition) is 1. The molecule has 1 unspecified atom stereocenters. The molecule has 0 aromatic heterocycles. The van der Waals surface area contributed by atoms with Gasteiger partial charge in [0.15, 0.2) is 0 Å². The van der Waals surface area contributed by atoms with Crippen LogP contribution >= 0.6 is 0 Å². The molecule has 1 amide bonds. The molecule has 0 saturated carbocycles. The second-order valence-electron chi connectivity index (χ2n) is 7.46. The van der Waals surface area contributed by atoms with Crippen LogP contribution in [0, 0.1) is 19.7 Å². The molecule has 1 aliphatic rings. The zero-order chi connectivity index (χ0) is 19.6.